The van der Waals surface area contributed by atoms with Gasteiger partial charge in [-0.3, -0.25) is 0 Å². The van der Waals surface area contributed by atoms with Gasteiger partial charge in [-0.25, -0.2) is 0 Å². The minimum atomic E-state index is 0.282. The third-order valence-corrected chi connectivity index (χ3v) is 5.64. The Labute approximate surface area is 153 Å². The Bertz CT molecular complexity index is 679. The molecule has 2 aromatic rings. The van der Waals surface area contributed by atoms with E-state index < -0.39 is 0 Å². The first-order valence-electron chi connectivity index (χ1n) is 8.39. The third-order valence-electron chi connectivity index (χ3n) is 4.42. The number of ether oxygens (including phenoxy) is 1. The summed E-state index contributed by atoms with van der Waals surface area (Å²) in [5, 5.41) is 6.28. The van der Waals surface area contributed by atoms with E-state index in [4.69, 9.17) is 17.0 Å². The van der Waals surface area contributed by atoms with Crippen molar-refractivity contribution in [3.8, 4) is 0 Å². The summed E-state index contributed by atoms with van der Waals surface area (Å²) in [7, 11) is 0. The van der Waals surface area contributed by atoms with Crippen molar-refractivity contribution in [1.29, 1.82) is 0 Å². The first-order valence-corrected chi connectivity index (χ1v) is 9.68. The normalized spacial score (nSPS) is 17.0. The minimum Gasteiger partial charge on any atom is -0.376 e. The molecule has 1 aliphatic heterocycles. The molecule has 1 saturated heterocycles. The molecule has 1 aromatic heterocycles. The fourth-order valence-corrected chi connectivity index (χ4v) is 3.84. The molecule has 24 heavy (non-hydrogen) atoms. The van der Waals surface area contributed by atoms with E-state index in [0.29, 0.717) is 0 Å². The molecule has 1 aliphatic rings. The SMILES string of the molecule is Cc1ccc(NC(=S)N(Cc2cccs2)C[C@H]2CCCO2)cc1C. The number of thiocarbonyl (C=S) groups is 1. The molecule has 3 rings (SSSR count). The third kappa shape index (κ3) is 4.56. The Morgan fingerprint density at radius 2 is 2.21 bits per heavy atom. The van der Waals surface area contributed by atoms with Gasteiger partial charge < -0.3 is 15.0 Å². The second-order valence-electron chi connectivity index (χ2n) is 6.32. The molecule has 1 atom stereocenters. The summed E-state index contributed by atoms with van der Waals surface area (Å²) in [4.78, 5) is 3.55. The minimum absolute atomic E-state index is 0.282. The van der Waals surface area contributed by atoms with Crippen LogP contribution in [0.25, 0.3) is 0 Å². The van der Waals surface area contributed by atoms with Crippen LogP contribution in [-0.2, 0) is 11.3 Å². The molecule has 0 saturated carbocycles. The lowest BCUT2D eigenvalue weighted by molar-refractivity contribution is 0.0907. The number of nitrogens with one attached hydrogen (secondary N) is 1. The highest BCUT2D eigenvalue weighted by atomic mass is 32.1. The predicted molar refractivity (Wildman–Crippen MR) is 106 cm³/mol. The van der Waals surface area contributed by atoms with Gasteiger partial charge in [0.25, 0.3) is 0 Å². The van der Waals surface area contributed by atoms with E-state index in [1.54, 1.807) is 11.3 Å². The molecule has 1 fully saturated rings. The zero-order valence-corrected chi connectivity index (χ0v) is 15.9. The fraction of sp³-hybridized carbons (Fsp3) is 0.421. The molecule has 1 N–H and O–H groups in total. The number of benzene rings is 1. The van der Waals surface area contributed by atoms with E-state index in [1.165, 1.54) is 16.0 Å². The van der Waals surface area contributed by atoms with Crippen molar-refractivity contribution in [3.63, 3.8) is 0 Å². The van der Waals surface area contributed by atoms with Gasteiger partial charge in [0, 0.05) is 23.7 Å². The van der Waals surface area contributed by atoms with Gasteiger partial charge >= 0.3 is 0 Å². The topological polar surface area (TPSA) is 24.5 Å². The van der Waals surface area contributed by atoms with Crippen molar-refractivity contribution in [1.82, 2.24) is 4.90 Å². The van der Waals surface area contributed by atoms with Crippen molar-refractivity contribution < 1.29 is 4.74 Å². The first kappa shape index (κ1) is 17.4. The molecule has 0 spiro atoms. The van der Waals surface area contributed by atoms with Crippen LogP contribution in [0.2, 0.25) is 0 Å². The second-order valence-corrected chi connectivity index (χ2v) is 7.74. The van der Waals surface area contributed by atoms with Crippen molar-refractivity contribution >= 4 is 34.4 Å². The summed E-state index contributed by atoms with van der Waals surface area (Å²) >= 11 is 7.47. The zero-order valence-electron chi connectivity index (χ0n) is 14.2. The Hall–Kier alpha value is -1.43. The van der Waals surface area contributed by atoms with E-state index >= 15 is 0 Å². The van der Waals surface area contributed by atoms with E-state index in [9.17, 15) is 0 Å². The van der Waals surface area contributed by atoms with E-state index in [-0.39, 0.29) is 6.10 Å². The Morgan fingerprint density at radius 1 is 1.33 bits per heavy atom. The van der Waals surface area contributed by atoms with Gasteiger partial charge in [0.2, 0.25) is 0 Å². The van der Waals surface area contributed by atoms with E-state index in [1.807, 2.05) is 0 Å². The van der Waals surface area contributed by atoms with Crippen LogP contribution >= 0.6 is 23.6 Å². The van der Waals surface area contributed by atoms with Crippen LogP contribution in [0.15, 0.2) is 35.7 Å². The lowest BCUT2D eigenvalue weighted by Gasteiger charge is -2.28. The molecule has 1 aromatic carbocycles. The molecule has 0 amide bonds. The maximum Gasteiger partial charge on any atom is 0.173 e. The highest BCUT2D eigenvalue weighted by Gasteiger charge is 2.21. The lowest BCUT2D eigenvalue weighted by atomic mass is 10.1. The molecular formula is C19H24N2OS2. The zero-order chi connectivity index (χ0) is 16.9. The van der Waals surface area contributed by atoms with Gasteiger partial charge in [0.15, 0.2) is 5.11 Å². The summed E-state index contributed by atoms with van der Waals surface area (Å²) < 4.78 is 5.81. The summed E-state index contributed by atoms with van der Waals surface area (Å²) in [6.07, 6.45) is 2.55. The highest BCUT2D eigenvalue weighted by molar-refractivity contribution is 7.80. The second kappa shape index (κ2) is 8.10. The van der Waals surface area contributed by atoms with Crippen LogP contribution < -0.4 is 5.32 Å². The number of hydrogen-bond acceptors (Lipinski definition) is 3. The lowest BCUT2D eigenvalue weighted by Crippen LogP contribution is -2.39. The van der Waals surface area contributed by atoms with Gasteiger partial charge in [-0.15, -0.1) is 11.3 Å². The number of aryl methyl sites for hydroxylation is 2. The summed E-state index contributed by atoms with van der Waals surface area (Å²) in [6, 6.07) is 10.6. The van der Waals surface area contributed by atoms with Gasteiger partial charge in [-0.1, -0.05) is 12.1 Å². The van der Waals surface area contributed by atoms with Crippen LogP contribution in [0.5, 0.6) is 0 Å². The van der Waals surface area contributed by atoms with E-state index in [0.717, 1.165) is 43.3 Å². The molecule has 0 aliphatic carbocycles. The number of hydrogen-bond donors (Lipinski definition) is 1. The average Bonchev–Trinajstić information content (AvgIpc) is 3.24. The quantitative estimate of drug-likeness (QED) is 0.778. The van der Waals surface area contributed by atoms with Crippen LogP contribution in [0.3, 0.4) is 0 Å². The Balaban J connectivity index is 1.70. The highest BCUT2D eigenvalue weighted by Crippen LogP contribution is 2.19. The summed E-state index contributed by atoms with van der Waals surface area (Å²) in [5.74, 6) is 0. The maximum atomic E-state index is 5.81. The van der Waals surface area contributed by atoms with Crippen LogP contribution in [0.4, 0.5) is 5.69 Å². The smallest absolute Gasteiger partial charge is 0.173 e. The molecule has 3 nitrogen and oxygen atoms in total. The largest absolute Gasteiger partial charge is 0.376 e. The van der Waals surface area contributed by atoms with Crippen LogP contribution in [0.1, 0.15) is 28.8 Å². The number of rotatable bonds is 5. The number of thiophene rings is 1. The van der Waals surface area contributed by atoms with Crippen LogP contribution in [-0.4, -0.2) is 29.3 Å². The molecular weight excluding hydrogens is 336 g/mol. The first-order chi connectivity index (χ1) is 11.6. The molecule has 0 bridgehead atoms. The van der Waals surface area contributed by atoms with Gasteiger partial charge in [0.05, 0.1) is 12.6 Å². The summed E-state index contributed by atoms with van der Waals surface area (Å²) in [5.41, 5.74) is 3.61. The van der Waals surface area contributed by atoms with Crippen molar-refractivity contribution in [2.45, 2.75) is 39.3 Å². The monoisotopic (exact) mass is 360 g/mol. The standard InChI is InChI=1S/C19H24N2OS2/c1-14-7-8-16(11-15(14)2)20-19(23)21(12-17-5-3-9-22-17)13-18-6-4-10-24-18/h4,6-8,10-11,17H,3,5,9,12-13H2,1-2H3,(H,20,23)/t17-/m1/s1. The maximum absolute atomic E-state index is 5.81. The van der Waals surface area contributed by atoms with Crippen molar-refractivity contribution in [3.05, 3.63) is 51.7 Å². The summed E-state index contributed by atoms with van der Waals surface area (Å²) in [6.45, 7) is 6.79. The van der Waals surface area contributed by atoms with Gasteiger partial charge in [0.1, 0.15) is 0 Å². The Morgan fingerprint density at radius 3 is 2.88 bits per heavy atom. The van der Waals surface area contributed by atoms with Crippen molar-refractivity contribution in [2.75, 3.05) is 18.5 Å². The van der Waals surface area contributed by atoms with Crippen LogP contribution in [0, 0.1) is 13.8 Å². The molecule has 0 radical (unpaired) electrons. The van der Waals surface area contributed by atoms with Gasteiger partial charge in [-0.2, -0.15) is 0 Å². The Kier molecular flexibility index (Phi) is 5.87. The fourth-order valence-electron chi connectivity index (χ4n) is 2.87. The molecule has 5 heteroatoms. The predicted octanol–water partition coefficient (Wildman–Crippen LogP) is 4.74. The van der Waals surface area contributed by atoms with Crippen molar-refractivity contribution in [2.24, 2.45) is 0 Å². The van der Waals surface area contributed by atoms with E-state index in [2.05, 4.69) is 59.8 Å². The number of anilines is 1. The number of nitrogens with zero attached hydrogens (tertiary/aromatic N) is 1. The average molecular weight is 361 g/mol. The van der Waals surface area contributed by atoms with Gasteiger partial charge in [-0.05, 0) is 73.6 Å². The molecule has 0 unspecified atom stereocenters. The molecule has 128 valence electrons. The molecule has 2 heterocycles.